The molecule has 1 aromatic carbocycles. The number of hydrogen-bond donors (Lipinski definition) is 4. The van der Waals surface area contributed by atoms with Crippen molar-refractivity contribution in [1.29, 1.82) is 0 Å². The van der Waals surface area contributed by atoms with E-state index >= 15 is 0 Å². The summed E-state index contributed by atoms with van der Waals surface area (Å²) in [5.41, 5.74) is -0.302. The van der Waals surface area contributed by atoms with Crippen molar-refractivity contribution in [2.24, 2.45) is 0 Å². The van der Waals surface area contributed by atoms with Crippen LogP contribution in [0.4, 0.5) is 10.1 Å². The Hall–Kier alpha value is -1.91. The highest BCUT2D eigenvalue weighted by atomic mass is 32.2. The molecule has 2 heterocycles. The number of aliphatic hydroxyl groups is 1. The molecule has 2 aliphatic rings. The van der Waals surface area contributed by atoms with Crippen molar-refractivity contribution in [3.63, 3.8) is 0 Å². The Balaban J connectivity index is 2.02. The predicted octanol–water partition coefficient (Wildman–Crippen LogP) is -0.850. The summed E-state index contributed by atoms with van der Waals surface area (Å²) in [6.07, 6.45) is 0.488. The second-order valence-electron chi connectivity index (χ2n) is 5.59. The van der Waals surface area contributed by atoms with Gasteiger partial charge in [0.1, 0.15) is 18.0 Å². The minimum atomic E-state index is -4.21. The number of aromatic hydroxyl groups is 1. The molecule has 0 spiro atoms. The zero-order valence-electron chi connectivity index (χ0n) is 12.0. The van der Waals surface area contributed by atoms with Gasteiger partial charge in [-0.25, -0.2) is 13.4 Å². The number of halogens is 1. The van der Waals surface area contributed by atoms with Crippen LogP contribution >= 0.6 is 0 Å². The molecule has 0 aliphatic carbocycles. The summed E-state index contributed by atoms with van der Waals surface area (Å²) >= 11 is 0. The number of aliphatic hydroxyl groups excluding tert-OH is 1. The Morgan fingerprint density at radius 2 is 2.13 bits per heavy atom. The molecular formula is C13H16FN3O5S. The van der Waals surface area contributed by atoms with Crippen molar-refractivity contribution < 1.29 is 27.8 Å². The van der Waals surface area contributed by atoms with Crippen molar-refractivity contribution >= 4 is 21.8 Å². The van der Waals surface area contributed by atoms with Crippen LogP contribution in [0.15, 0.2) is 12.1 Å². The van der Waals surface area contributed by atoms with E-state index in [0.717, 1.165) is 0 Å². The van der Waals surface area contributed by atoms with Gasteiger partial charge in [0.05, 0.1) is 6.61 Å². The van der Waals surface area contributed by atoms with E-state index in [1.54, 1.807) is 4.72 Å². The first-order chi connectivity index (χ1) is 10.8. The quantitative estimate of drug-likeness (QED) is 0.567. The maximum atomic E-state index is 14.8. The number of nitrogens with one attached hydrogen (secondary N) is 2. The van der Waals surface area contributed by atoms with E-state index in [2.05, 4.69) is 5.32 Å². The monoisotopic (exact) mass is 345 g/mol. The zero-order chi connectivity index (χ0) is 16.8. The third-order valence-electron chi connectivity index (χ3n) is 4.08. The molecular weight excluding hydrogens is 329 g/mol. The molecule has 2 unspecified atom stereocenters. The normalized spacial score (nSPS) is 26.5. The van der Waals surface area contributed by atoms with Crippen LogP contribution in [0.3, 0.4) is 0 Å². The van der Waals surface area contributed by atoms with Crippen LogP contribution in [-0.2, 0) is 15.0 Å². The number of benzene rings is 1. The Kier molecular flexibility index (Phi) is 3.90. The summed E-state index contributed by atoms with van der Waals surface area (Å²) < 4.78 is 40.9. The summed E-state index contributed by atoms with van der Waals surface area (Å²) in [6.45, 7) is -0.239. The van der Waals surface area contributed by atoms with E-state index in [1.807, 2.05) is 0 Å². The zero-order valence-corrected chi connectivity index (χ0v) is 12.8. The molecule has 4 N–H and O–H groups in total. The predicted molar refractivity (Wildman–Crippen MR) is 78.7 cm³/mol. The standard InChI is InChI=1S/C13H16FN3O5S/c14-12-9(7-3-8(6-18)15-4-7)1-2-10(19)13(12)17-5-11(20)16-23(17,21)22/h1-2,7-8,15,18-19H,3-6H2,(H,16,20). The average Bonchev–Trinajstić information content (AvgIpc) is 3.03. The number of phenolic OH excluding ortho intramolecular Hbond substituents is 1. The Morgan fingerprint density at radius 3 is 2.70 bits per heavy atom. The fourth-order valence-electron chi connectivity index (χ4n) is 2.96. The first-order valence-electron chi connectivity index (χ1n) is 7.02. The van der Waals surface area contributed by atoms with Crippen LogP contribution in [0.25, 0.3) is 0 Å². The summed E-state index contributed by atoms with van der Waals surface area (Å²) in [4.78, 5) is 11.3. The molecule has 0 saturated carbocycles. The van der Waals surface area contributed by atoms with Gasteiger partial charge in [-0.3, -0.25) is 4.79 Å². The second kappa shape index (κ2) is 5.62. The van der Waals surface area contributed by atoms with Crippen LogP contribution < -0.4 is 14.3 Å². The molecule has 2 atom stereocenters. The Morgan fingerprint density at radius 1 is 1.39 bits per heavy atom. The molecule has 0 bridgehead atoms. The lowest BCUT2D eigenvalue weighted by Crippen LogP contribution is -2.30. The van der Waals surface area contributed by atoms with Gasteiger partial charge in [0.25, 0.3) is 5.91 Å². The number of rotatable bonds is 3. The fourth-order valence-corrected chi connectivity index (χ4v) is 4.13. The molecule has 0 aromatic heterocycles. The van der Waals surface area contributed by atoms with E-state index in [0.29, 0.717) is 17.3 Å². The number of hydrogen-bond acceptors (Lipinski definition) is 6. The van der Waals surface area contributed by atoms with Gasteiger partial charge in [-0.1, -0.05) is 6.07 Å². The number of phenols is 1. The van der Waals surface area contributed by atoms with Gasteiger partial charge in [0.15, 0.2) is 5.82 Å². The van der Waals surface area contributed by atoms with Gasteiger partial charge >= 0.3 is 10.2 Å². The molecule has 3 rings (SSSR count). The Labute approximate surface area is 132 Å². The van der Waals surface area contributed by atoms with Crippen molar-refractivity contribution in [1.82, 2.24) is 10.0 Å². The van der Waals surface area contributed by atoms with Crippen LogP contribution in [0, 0.1) is 5.82 Å². The molecule has 1 aromatic rings. The van der Waals surface area contributed by atoms with E-state index < -0.39 is 39.9 Å². The second-order valence-corrected chi connectivity index (χ2v) is 7.19. The van der Waals surface area contributed by atoms with Crippen molar-refractivity contribution in [3.8, 4) is 5.75 Å². The topological polar surface area (TPSA) is 119 Å². The van der Waals surface area contributed by atoms with Gasteiger partial charge in [-0.2, -0.15) is 8.42 Å². The first kappa shape index (κ1) is 16.0. The van der Waals surface area contributed by atoms with Gasteiger partial charge < -0.3 is 15.5 Å². The van der Waals surface area contributed by atoms with E-state index in [-0.39, 0.29) is 24.1 Å². The highest BCUT2D eigenvalue weighted by Crippen LogP contribution is 2.39. The van der Waals surface area contributed by atoms with Gasteiger partial charge in [-0.05, 0) is 18.1 Å². The van der Waals surface area contributed by atoms with Crippen molar-refractivity contribution in [2.75, 3.05) is 24.0 Å². The molecule has 10 heteroatoms. The van der Waals surface area contributed by atoms with E-state index in [9.17, 15) is 22.7 Å². The van der Waals surface area contributed by atoms with Gasteiger partial charge in [0, 0.05) is 18.5 Å². The van der Waals surface area contributed by atoms with Gasteiger partial charge in [0.2, 0.25) is 0 Å². The van der Waals surface area contributed by atoms with Crippen LogP contribution in [0.2, 0.25) is 0 Å². The summed E-state index contributed by atoms with van der Waals surface area (Å²) in [5, 5.41) is 22.1. The number of amides is 1. The molecule has 1 amide bonds. The highest BCUT2D eigenvalue weighted by molar-refractivity contribution is 7.92. The lowest BCUT2D eigenvalue weighted by atomic mass is 9.95. The molecule has 8 nitrogen and oxygen atoms in total. The van der Waals surface area contributed by atoms with E-state index in [4.69, 9.17) is 5.11 Å². The SMILES string of the molecule is O=C1CN(c2c(O)ccc(C3CNC(CO)C3)c2F)S(=O)(=O)N1. The van der Waals surface area contributed by atoms with Crippen molar-refractivity contribution in [3.05, 3.63) is 23.5 Å². The molecule has 2 saturated heterocycles. The number of carbonyl (C=O) groups excluding carboxylic acids is 1. The smallest absolute Gasteiger partial charge is 0.326 e. The van der Waals surface area contributed by atoms with Crippen LogP contribution in [0.1, 0.15) is 17.9 Å². The van der Waals surface area contributed by atoms with Crippen LogP contribution in [0.5, 0.6) is 5.75 Å². The minimum absolute atomic E-state index is 0.0814. The largest absolute Gasteiger partial charge is 0.506 e. The first-order valence-corrected chi connectivity index (χ1v) is 8.46. The third-order valence-corrected chi connectivity index (χ3v) is 5.45. The average molecular weight is 345 g/mol. The maximum Gasteiger partial charge on any atom is 0.326 e. The lowest BCUT2D eigenvalue weighted by Gasteiger charge is -2.20. The highest BCUT2D eigenvalue weighted by Gasteiger charge is 2.39. The third kappa shape index (κ3) is 2.73. The van der Waals surface area contributed by atoms with E-state index in [1.165, 1.54) is 12.1 Å². The summed E-state index contributed by atoms with van der Waals surface area (Å²) in [5.74, 6) is -2.50. The number of nitrogens with zero attached hydrogens (tertiary/aromatic N) is 1. The number of anilines is 1. The molecule has 23 heavy (non-hydrogen) atoms. The molecule has 0 radical (unpaired) electrons. The summed E-state index contributed by atoms with van der Waals surface area (Å²) in [6, 6.07) is 2.44. The molecule has 2 aliphatic heterocycles. The lowest BCUT2D eigenvalue weighted by molar-refractivity contribution is -0.117. The maximum absolute atomic E-state index is 14.8. The fraction of sp³-hybridized carbons (Fsp3) is 0.462. The minimum Gasteiger partial charge on any atom is -0.506 e. The number of carbonyl (C=O) groups is 1. The Bertz CT molecular complexity index is 754. The molecule has 126 valence electrons. The van der Waals surface area contributed by atoms with Crippen LogP contribution in [-0.4, -0.2) is 50.3 Å². The summed E-state index contributed by atoms with van der Waals surface area (Å²) in [7, 11) is -4.21. The van der Waals surface area contributed by atoms with Gasteiger partial charge in [-0.15, -0.1) is 0 Å². The molecule has 2 fully saturated rings. The van der Waals surface area contributed by atoms with Crippen molar-refractivity contribution in [2.45, 2.75) is 18.4 Å².